The summed E-state index contributed by atoms with van der Waals surface area (Å²) in [5.74, 6) is 0. The standard InChI is InChI=1S/C21H24N2O3S/c1-4-12-23(27(25,26)19-10-8-15(2)9-11-19)14-18-13-17-7-5-6-16(3)20(17)22-21(18)24/h5-11,13H,4,12,14H2,1-3H3,(H,22,24). The van der Waals surface area contributed by atoms with E-state index in [1.807, 2.05) is 39.0 Å². The van der Waals surface area contributed by atoms with Crippen LogP contribution in [0.15, 0.2) is 58.2 Å². The summed E-state index contributed by atoms with van der Waals surface area (Å²) in [6, 6.07) is 14.3. The second-order valence-corrected chi connectivity index (χ2v) is 8.75. The lowest BCUT2D eigenvalue weighted by Crippen LogP contribution is -2.33. The minimum Gasteiger partial charge on any atom is -0.321 e. The number of hydrogen-bond acceptors (Lipinski definition) is 3. The molecular formula is C21H24N2O3S. The summed E-state index contributed by atoms with van der Waals surface area (Å²) in [5.41, 5.74) is 2.95. The highest BCUT2D eigenvalue weighted by molar-refractivity contribution is 7.89. The molecule has 0 aliphatic carbocycles. The molecule has 3 aromatic rings. The SMILES string of the molecule is CCCN(Cc1cc2cccc(C)c2[nH]c1=O)S(=O)(=O)c1ccc(C)cc1. The van der Waals surface area contributed by atoms with Crippen LogP contribution in [-0.4, -0.2) is 24.3 Å². The quantitative estimate of drug-likeness (QED) is 0.704. The zero-order valence-corrected chi connectivity index (χ0v) is 16.6. The van der Waals surface area contributed by atoms with E-state index in [0.29, 0.717) is 18.5 Å². The molecule has 5 nitrogen and oxygen atoms in total. The number of aryl methyl sites for hydroxylation is 2. The molecule has 0 saturated heterocycles. The maximum Gasteiger partial charge on any atom is 0.252 e. The van der Waals surface area contributed by atoms with Crippen LogP contribution in [0.4, 0.5) is 0 Å². The topological polar surface area (TPSA) is 70.2 Å². The van der Waals surface area contributed by atoms with Crippen LogP contribution in [0.1, 0.15) is 30.0 Å². The lowest BCUT2D eigenvalue weighted by Gasteiger charge is -2.22. The fourth-order valence-electron chi connectivity index (χ4n) is 3.13. The van der Waals surface area contributed by atoms with E-state index in [4.69, 9.17) is 0 Å². The number of pyridine rings is 1. The molecule has 1 N–H and O–H groups in total. The van der Waals surface area contributed by atoms with Gasteiger partial charge in [-0.15, -0.1) is 0 Å². The van der Waals surface area contributed by atoms with Gasteiger partial charge in [0.05, 0.1) is 10.4 Å². The van der Waals surface area contributed by atoms with Crippen LogP contribution >= 0.6 is 0 Å². The largest absolute Gasteiger partial charge is 0.321 e. The molecule has 0 aliphatic heterocycles. The molecule has 0 atom stereocenters. The van der Waals surface area contributed by atoms with Gasteiger partial charge in [-0.2, -0.15) is 4.31 Å². The van der Waals surface area contributed by atoms with Crippen molar-refractivity contribution in [3.8, 4) is 0 Å². The van der Waals surface area contributed by atoms with Crippen molar-refractivity contribution in [2.75, 3.05) is 6.54 Å². The Morgan fingerprint density at radius 2 is 1.74 bits per heavy atom. The van der Waals surface area contributed by atoms with Crippen LogP contribution in [0.25, 0.3) is 10.9 Å². The normalized spacial score (nSPS) is 12.0. The van der Waals surface area contributed by atoms with E-state index in [9.17, 15) is 13.2 Å². The summed E-state index contributed by atoms with van der Waals surface area (Å²) in [6.07, 6.45) is 0.662. The van der Waals surface area contributed by atoms with E-state index in [0.717, 1.165) is 22.0 Å². The molecule has 1 heterocycles. The molecule has 0 aliphatic rings. The summed E-state index contributed by atoms with van der Waals surface area (Å²) >= 11 is 0. The number of para-hydroxylation sites is 1. The number of sulfonamides is 1. The molecule has 3 rings (SSSR count). The summed E-state index contributed by atoms with van der Waals surface area (Å²) in [5, 5.41) is 0.897. The number of nitrogens with zero attached hydrogens (tertiary/aromatic N) is 1. The molecule has 142 valence electrons. The summed E-state index contributed by atoms with van der Waals surface area (Å²) in [4.78, 5) is 15.7. The highest BCUT2D eigenvalue weighted by Gasteiger charge is 2.25. The van der Waals surface area contributed by atoms with Gasteiger partial charge in [0, 0.05) is 18.7 Å². The van der Waals surface area contributed by atoms with Crippen LogP contribution in [0.2, 0.25) is 0 Å². The summed E-state index contributed by atoms with van der Waals surface area (Å²) in [7, 11) is -3.68. The van der Waals surface area contributed by atoms with Crippen molar-refractivity contribution >= 4 is 20.9 Å². The minimum atomic E-state index is -3.68. The van der Waals surface area contributed by atoms with Crippen LogP contribution < -0.4 is 5.56 Å². The third-order valence-electron chi connectivity index (χ3n) is 4.64. The molecular weight excluding hydrogens is 360 g/mol. The first kappa shape index (κ1) is 19.3. The molecule has 2 aromatic carbocycles. The molecule has 0 bridgehead atoms. The van der Waals surface area contributed by atoms with Crippen LogP contribution in [-0.2, 0) is 16.6 Å². The first-order valence-corrected chi connectivity index (χ1v) is 10.5. The van der Waals surface area contributed by atoms with E-state index in [1.165, 1.54) is 4.31 Å². The fourth-order valence-corrected chi connectivity index (χ4v) is 4.64. The summed E-state index contributed by atoms with van der Waals surface area (Å²) < 4.78 is 27.5. The van der Waals surface area contributed by atoms with E-state index in [2.05, 4.69) is 4.98 Å². The molecule has 0 saturated carbocycles. The number of rotatable bonds is 6. The van der Waals surface area contributed by atoms with Gasteiger partial charge in [-0.05, 0) is 49.4 Å². The van der Waals surface area contributed by atoms with Crippen LogP contribution in [0.5, 0.6) is 0 Å². The van der Waals surface area contributed by atoms with Gasteiger partial charge in [-0.3, -0.25) is 4.79 Å². The Kier molecular flexibility index (Phi) is 5.48. The van der Waals surface area contributed by atoms with Crippen molar-refractivity contribution in [2.45, 2.75) is 38.6 Å². The Morgan fingerprint density at radius 1 is 1.04 bits per heavy atom. The second kappa shape index (κ2) is 7.66. The third-order valence-corrected chi connectivity index (χ3v) is 6.50. The molecule has 6 heteroatoms. The van der Waals surface area contributed by atoms with Gasteiger partial charge in [0.1, 0.15) is 0 Å². The van der Waals surface area contributed by atoms with Gasteiger partial charge in [-0.25, -0.2) is 8.42 Å². The molecule has 0 unspecified atom stereocenters. The average molecular weight is 385 g/mol. The molecule has 0 fully saturated rings. The Hall–Kier alpha value is -2.44. The van der Waals surface area contributed by atoms with Gasteiger partial charge in [0.15, 0.2) is 0 Å². The zero-order valence-electron chi connectivity index (χ0n) is 15.8. The van der Waals surface area contributed by atoms with Crippen molar-refractivity contribution in [3.05, 3.63) is 75.6 Å². The van der Waals surface area contributed by atoms with E-state index in [1.54, 1.807) is 30.3 Å². The number of hydrogen-bond donors (Lipinski definition) is 1. The number of fused-ring (bicyclic) bond motifs is 1. The molecule has 0 spiro atoms. The van der Waals surface area contributed by atoms with Crippen LogP contribution in [0.3, 0.4) is 0 Å². The first-order chi connectivity index (χ1) is 12.8. The highest BCUT2D eigenvalue weighted by Crippen LogP contribution is 2.20. The average Bonchev–Trinajstić information content (AvgIpc) is 2.63. The summed E-state index contributed by atoms with van der Waals surface area (Å²) in [6.45, 7) is 6.16. The number of nitrogens with one attached hydrogen (secondary N) is 1. The monoisotopic (exact) mass is 384 g/mol. The molecule has 27 heavy (non-hydrogen) atoms. The van der Waals surface area contributed by atoms with Gasteiger partial charge >= 0.3 is 0 Å². The van der Waals surface area contributed by atoms with E-state index >= 15 is 0 Å². The molecule has 0 radical (unpaired) electrons. The van der Waals surface area contributed by atoms with Gasteiger partial charge < -0.3 is 4.98 Å². The van der Waals surface area contributed by atoms with Crippen LogP contribution in [0, 0.1) is 13.8 Å². The van der Waals surface area contributed by atoms with Gasteiger partial charge in [-0.1, -0.05) is 42.8 Å². The Labute approximate surface area is 159 Å². The second-order valence-electron chi connectivity index (χ2n) is 6.81. The van der Waals surface area contributed by atoms with Crippen molar-refractivity contribution in [3.63, 3.8) is 0 Å². The van der Waals surface area contributed by atoms with Gasteiger partial charge in [0.2, 0.25) is 10.0 Å². The fraction of sp³-hybridized carbons (Fsp3) is 0.286. The van der Waals surface area contributed by atoms with E-state index < -0.39 is 10.0 Å². The predicted octanol–water partition coefficient (Wildman–Crippen LogP) is 3.75. The number of aromatic amines is 1. The van der Waals surface area contributed by atoms with Gasteiger partial charge in [0.25, 0.3) is 5.56 Å². The first-order valence-electron chi connectivity index (χ1n) is 9.01. The van der Waals surface area contributed by atoms with Crippen molar-refractivity contribution < 1.29 is 8.42 Å². The Bertz CT molecular complexity index is 1120. The Morgan fingerprint density at radius 3 is 2.41 bits per heavy atom. The number of H-pyrrole nitrogens is 1. The molecule has 1 aromatic heterocycles. The smallest absolute Gasteiger partial charge is 0.252 e. The molecule has 0 amide bonds. The predicted molar refractivity (Wildman–Crippen MR) is 108 cm³/mol. The van der Waals surface area contributed by atoms with Crippen molar-refractivity contribution in [1.29, 1.82) is 0 Å². The number of benzene rings is 2. The third kappa shape index (κ3) is 3.96. The zero-order chi connectivity index (χ0) is 19.6. The van der Waals surface area contributed by atoms with Crippen molar-refractivity contribution in [1.82, 2.24) is 9.29 Å². The van der Waals surface area contributed by atoms with Crippen molar-refractivity contribution in [2.24, 2.45) is 0 Å². The maximum absolute atomic E-state index is 13.1. The Balaban J connectivity index is 2.02. The number of aromatic nitrogens is 1. The minimum absolute atomic E-state index is 0.0449. The lowest BCUT2D eigenvalue weighted by molar-refractivity contribution is 0.404. The maximum atomic E-state index is 13.1. The highest BCUT2D eigenvalue weighted by atomic mass is 32.2. The lowest BCUT2D eigenvalue weighted by atomic mass is 10.1. The van der Waals surface area contributed by atoms with E-state index in [-0.39, 0.29) is 17.0 Å².